The van der Waals surface area contributed by atoms with Crippen LogP contribution in [0.5, 0.6) is 0 Å². The van der Waals surface area contributed by atoms with E-state index in [0.29, 0.717) is 42.9 Å². The number of ether oxygens (including phenoxy) is 1. The molecule has 1 aliphatic heterocycles. The number of nitrogens with zero attached hydrogens (tertiary/aromatic N) is 6. The van der Waals surface area contributed by atoms with Crippen molar-refractivity contribution in [2.24, 2.45) is 7.05 Å². The average Bonchev–Trinajstić information content (AvgIpc) is 3.30. The number of aromatic nitrogens is 5. The van der Waals surface area contributed by atoms with Crippen LogP contribution in [-0.2, 0) is 11.8 Å². The lowest BCUT2D eigenvalue weighted by Crippen LogP contribution is -2.46. The largest absolute Gasteiger partial charge is 0.377 e. The predicted molar refractivity (Wildman–Crippen MR) is 99.5 cm³/mol. The molecule has 2 amide bonds. The van der Waals surface area contributed by atoms with Gasteiger partial charge in [0.25, 0.3) is 5.89 Å². The number of morpholine rings is 1. The smallest absolute Gasteiger partial charge is 0.323 e. The molecule has 4 heterocycles. The molecule has 0 aromatic carbocycles. The van der Waals surface area contributed by atoms with Gasteiger partial charge < -0.3 is 14.2 Å². The minimum Gasteiger partial charge on any atom is -0.377 e. The van der Waals surface area contributed by atoms with Crippen molar-refractivity contribution in [3.05, 3.63) is 41.6 Å². The summed E-state index contributed by atoms with van der Waals surface area (Å²) < 4.78 is 12.6. The summed E-state index contributed by atoms with van der Waals surface area (Å²) in [5, 5.41) is 11.0. The van der Waals surface area contributed by atoms with Crippen LogP contribution in [0.3, 0.4) is 0 Å². The predicted octanol–water partition coefficient (Wildman–Crippen LogP) is 2.09. The van der Waals surface area contributed by atoms with Crippen LogP contribution in [0, 0.1) is 13.8 Å². The molecular weight excluding hydrogens is 362 g/mol. The second-order valence-corrected chi connectivity index (χ2v) is 6.75. The molecule has 0 saturated carbocycles. The van der Waals surface area contributed by atoms with Crippen molar-refractivity contribution in [1.29, 1.82) is 0 Å². The number of nitrogens with one attached hydrogen (secondary N) is 1. The van der Waals surface area contributed by atoms with Crippen LogP contribution in [-0.4, -0.2) is 55.6 Å². The molecule has 1 saturated heterocycles. The van der Waals surface area contributed by atoms with Crippen LogP contribution in [0.2, 0.25) is 0 Å². The summed E-state index contributed by atoms with van der Waals surface area (Å²) >= 11 is 0. The van der Waals surface area contributed by atoms with E-state index in [1.807, 2.05) is 33.0 Å². The van der Waals surface area contributed by atoms with Gasteiger partial charge in [0.15, 0.2) is 5.82 Å². The zero-order valence-electron chi connectivity index (χ0n) is 15.9. The fraction of sp³-hybridized carbons (Fsp3) is 0.389. The lowest BCUT2D eigenvalue weighted by atomic mass is 10.2. The monoisotopic (exact) mass is 383 g/mol. The Balaban J connectivity index is 1.54. The molecule has 0 bridgehead atoms. The molecule has 3 aromatic heterocycles. The SMILES string of the molecule is Cc1cc(C)nc(NC(=O)N2CCOCC2c2noc(-c3cnn(C)c3)n2)c1. The summed E-state index contributed by atoms with van der Waals surface area (Å²) in [5.41, 5.74) is 2.59. The lowest BCUT2D eigenvalue weighted by molar-refractivity contribution is 0.0110. The topological polar surface area (TPSA) is 111 Å². The normalized spacial score (nSPS) is 17.0. The number of aryl methyl sites for hydroxylation is 3. The van der Waals surface area contributed by atoms with Crippen molar-refractivity contribution in [1.82, 2.24) is 29.8 Å². The number of carbonyl (C=O) groups excluding carboxylic acids is 1. The summed E-state index contributed by atoms with van der Waals surface area (Å²) in [7, 11) is 1.81. The molecule has 0 spiro atoms. The Hall–Kier alpha value is -3.27. The van der Waals surface area contributed by atoms with Crippen LogP contribution in [0.15, 0.2) is 29.0 Å². The molecule has 3 aromatic rings. The Labute approximate surface area is 161 Å². The van der Waals surface area contributed by atoms with Gasteiger partial charge in [0.05, 0.1) is 25.0 Å². The number of urea groups is 1. The maximum atomic E-state index is 12.9. The van der Waals surface area contributed by atoms with Crippen LogP contribution in [0.25, 0.3) is 11.5 Å². The van der Waals surface area contributed by atoms with Gasteiger partial charge in [0, 0.05) is 25.5 Å². The van der Waals surface area contributed by atoms with E-state index in [4.69, 9.17) is 9.26 Å². The van der Waals surface area contributed by atoms with Gasteiger partial charge in [-0.15, -0.1) is 0 Å². The average molecular weight is 383 g/mol. The molecule has 0 aliphatic carbocycles. The first-order chi connectivity index (χ1) is 13.5. The second-order valence-electron chi connectivity index (χ2n) is 6.75. The Bertz CT molecular complexity index is 976. The number of rotatable bonds is 3. The molecule has 10 heteroatoms. The molecule has 0 radical (unpaired) electrons. The molecule has 4 rings (SSSR count). The zero-order valence-corrected chi connectivity index (χ0v) is 15.9. The van der Waals surface area contributed by atoms with E-state index in [9.17, 15) is 4.79 Å². The third kappa shape index (κ3) is 3.72. The van der Waals surface area contributed by atoms with Gasteiger partial charge in [0.1, 0.15) is 11.9 Å². The quantitative estimate of drug-likeness (QED) is 0.737. The Kier molecular flexibility index (Phi) is 4.78. The van der Waals surface area contributed by atoms with Gasteiger partial charge in [-0.1, -0.05) is 5.16 Å². The van der Waals surface area contributed by atoms with Crippen molar-refractivity contribution < 1.29 is 14.1 Å². The first-order valence-electron chi connectivity index (χ1n) is 8.93. The van der Waals surface area contributed by atoms with Crippen molar-refractivity contribution >= 4 is 11.8 Å². The zero-order chi connectivity index (χ0) is 19.7. The van der Waals surface area contributed by atoms with E-state index in [2.05, 4.69) is 25.5 Å². The van der Waals surface area contributed by atoms with Gasteiger partial charge in [-0.05, 0) is 31.5 Å². The molecule has 1 aliphatic rings. The van der Waals surface area contributed by atoms with Crippen LogP contribution in [0.1, 0.15) is 23.1 Å². The van der Waals surface area contributed by atoms with Crippen LogP contribution < -0.4 is 5.32 Å². The third-order valence-electron chi connectivity index (χ3n) is 4.41. The highest BCUT2D eigenvalue weighted by atomic mass is 16.5. The summed E-state index contributed by atoms with van der Waals surface area (Å²) in [6.07, 6.45) is 3.43. The number of hydrogen-bond donors (Lipinski definition) is 1. The van der Waals surface area contributed by atoms with Crippen molar-refractivity contribution in [2.45, 2.75) is 19.9 Å². The van der Waals surface area contributed by atoms with Gasteiger partial charge in [0.2, 0.25) is 0 Å². The molecule has 10 nitrogen and oxygen atoms in total. The first-order valence-corrected chi connectivity index (χ1v) is 8.93. The number of pyridine rings is 1. The number of amides is 2. The maximum Gasteiger partial charge on any atom is 0.323 e. The maximum absolute atomic E-state index is 12.9. The Morgan fingerprint density at radius 3 is 2.89 bits per heavy atom. The van der Waals surface area contributed by atoms with Crippen LogP contribution >= 0.6 is 0 Å². The van der Waals surface area contributed by atoms with Crippen LogP contribution in [0.4, 0.5) is 10.6 Å². The molecular formula is C18H21N7O3. The highest BCUT2D eigenvalue weighted by molar-refractivity contribution is 5.88. The van der Waals surface area contributed by atoms with E-state index < -0.39 is 6.04 Å². The summed E-state index contributed by atoms with van der Waals surface area (Å²) in [4.78, 5) is 23.3. The minimum absolute atomic E-state index is 0.279. The van der Waals surface area contributed by atoms with Gasteiger partial charge in [-0.25, -0.2) is 9.78 Å². The summed E-state index contributed by atoms with van der Waals surface area (Å²) in [6, 6.07) is 3.05. The third-order valence-corrected chi connectivity index (χ3v) is 4.41. The second kappa shape index (κ2) is 7.39. The molecule has 1 fully saturated rings. The molecule has 1 N–H and O–H groups in total. The van der Waals surface area contributed by atoms with Crippen molar-refractivity contribution in [3.63, 3.8) is 0 Å². The van der Waals surface area contributed by atoms with E-state index in [1.54, 1.807) is 22.0 Å². The fourth-order valence-corrected chi connectivity index (χ4v) is 3.17. The van der Waals surface area contributed by atoms with E-state index in [-0.39, 0.29) is 6.03 Å². The van der Waals surface area contributed by atoms with Gasteiger partial charge in [-0.3, -0.25) is 10.00 Å². The molecule has 1 atom stereocenters. The van der Waals surface area contributed by atoms with E-state index in [0.717, 1.165) is 11.3 Å². The molecule has 146 valence electrons. The van der Waals surface area contributed by atoms with Gasteiger partial charge >= 0.3 is 6.03 Å². The Morgan fingerprint density at radius 2 is 2.14 bits per heavy atom. The Morgan fingerprint density at radius 1 is 1.29 bits per heavy atom. The molecule has 1 unspecified atom stereocenters. The fourth-order valence-electron chi connectivity index (χ4n) is 3.17. The highest BCUT2D eigenvalue weighted by Crippen LogP contribution is 2.25. The van der Waals surface area contributed by atoms with E-state index in [1.165, 1.54) is 0 Å². The first kappa shape index (κ1) is 18.1. The van der Waals surface area contributed by atoms with Gasteiger partial charge in [-0.2, -0.15) is 10.1 Å². The highest BCUT2D eigenvalue weighted by Gasteiger charge is 2.33. The lowest BCUT2D eigenvalue weighted by Gasteiger charge is -2.33. The number of hydrogen-bond acceptors (Lipinski definition) is 7. The number of carbonyl (C=O) groups is 1. The summed E-state index contributed by atoms with van der Waals surface area (Å²) in [6.45, 7) is 5.00. The molecule has 28 heavy (non-hydrogen) atoms. The van der Waals surface area contributed by atoms with Crippen molar-refractivity contribution in [2.75, 3.05) is 25.1 Å². The van der Waals surface area contributed by atoms with E-state index >= 15 is 0 Å². The number of anilines is 1. The standard InChI is InChI=1S/C18H21N7O3/c1-11-6-12(2)20-15(7-11)21-18(26)25-4-5-27-10-14(25)16-22-17(28-23-16)13-8-19-24(3)9-13/h6-9,14H,4-5,10H2,1-3H3,(H,20,21,26). The van der Waals surface area contributed by atoms with Crippen molar-refractivity contribution in [3.8, 4) is 11.5 Å². The minimum atomic E-state index is -0.450. The summed E-state index contributed by atoms with van der Waals surface area (Å²) in [5.74, 6) is 1.25.